The van der Waals surface area contributed by atoms with Gasteiger partial charge in [0, 0.05) is 35.8 Å². The molecule has 2 aromatic heterocycles. The van der Waals surface area contributed by atoms with Crippen LogP contribution in [0.25, 0.3) is 10.9 Å². The fourth-order valence-corrected chi connectivity index (χ4v) is 3.31. The molecule has 5 rings (SSSR count). The normalized spacial score (nSPS) is 13.2. The molecular formula is C22H19N7. The van der Waals surface area contributed by atoms with Crippen molar-refractivity contribution in [3.63, 3.8) is 0 Å². The van der Waals surface area contributed by atoms with Gasteiger partial charge >= 0.3 is 0 Å². The largest absolute Gasteiger partial charge is 0.323 e. The van der Waals surface area contributed by atoms with Crippen LogP contribution in [0.15, 0.2) is 54.6 Å². The van der Waals surface area contributed by atoms with Crippen molar-refractivity contribution >= 4 is 34.2 Å². The minimum absolute atomic E-state index is 0.564. The summed E-state index contributed by atoms with van der Waals surface area (Å²) in [7, 11) is 1.91. The van der Waals surface area contributed by atoms with Gasteiger partial charge < -0.3 is 10.2 Å². The molecule has 29 heavy (non-hydrogen) atoms. The number of aromatic nitrogens is 4. The second kappa shape index (κ2) is 6.91. The van der Waals surface area contributed by atoms with E-state index in [9.17, 15) is 0 Å². The molecule has 7 heteroatoms. The van der Waals surface area contributed by atoms with E-state index in [0.717, 1.165) is 22.4 Å². The fourth-order valence-electron chi connectivity index (χ4n) is 3.31. The molecule has 4 aromatic rings. The summed E-state index contributed by atoms with van der Waals surface area (Å²) in [4.78, 5) is 11.4. The molecule has 1 fully saturated rings. The number of anilines is 4. The number of nitrogens with zero attached hydrogens (tertiary/aromatic N) is 5. The van der Waals surface area contributed by atoms with E-state index in [0.29, 0.717) is 23.2 Å². The molecule has 2 N–H and O–H groups in total. The summed E-state index contributed by atoms with van der Waals surface area (Å²) in [5, 5.41) is 20.8. The summed E-state index contributed by atoms with van der Waals surface area (Å²) in [5.74, 6) is 2.63. The highest BCUT2D eigenvalue weighted by atomic mass is 15.3. The average molecular weight is 381 g/mol. The summed E-state index contributed by atoms with van der Waals surface area (Å²) in [6.07, 6.45) is 2.44. The third kappa shape index (κ3) is 3.36. The first-order valence-electron chi connectivity index (χ1n) is 9.54. The lowest BCUT2D eigenvalue weighted by Gasteiger charge is -2.19. The fraction of sp³-hybridized carbons (Fsp3) is 0.182. The average Bonchev–Trinajstić information content (AvgIpc) is 3.52. The van der Waals surface area contributed by atoms with E-state index < -0.39 is 0 Å². The number of hydrogen-bond acceptors (Lipinski definition) is 6. The first-order chi connectivity index (χ1) is 14.2. The van der Waals surface area contributed by atoms with Gasteiger partial charge in [-0.15, -0.1) is 0 Å². The van der Waals surface area contributed by atoms with Crippen molar-refractivity contribution in [1.29, 1.82) is 5.26 Å². The zero-order valence-electron chi connectivity index (χ0n) is 15.9. The van der Waals surface area contributed by atoms with E-state index in [-0.39, 0.29) is 0 Å². The molecule has 0 spiro atoms. The molecule has 0 unspecified atom stereocenters. The predicted octanol–water partition coefficient (Wildman–Crippen LogP) is 4.61. The van der Waals surface area contributed by atoms with Crippen molar-refractivity contribution < 1.29 is 0 Å². The van der Waals surface area contributed by atoms with Crippen molar-refractivity contribution in [3.8, 4) is 6.07 Å². The maximum atomic E-state index is 9.01. The molecule has 0 radical (unpaired) electrons. The van der Waals surface area contributed by atoms with Gasteiger partial charge in [0.1, 0.15) is 5.82 Å². The molecule has 2 aromatic carbocycles. The number of nitriles is 1. The number of fused-ring (bicyclic) bond motifs is 1. The quantitative estimate of drug-likeness (QED) is 0.524. The van der Waals surface area contributed by atoms with Gasteiger partial charge in [0.25, 0.3) is 0 Å². The van der Waals surface area contributed by atoms with E-state index in [4.69, 9.17) is 15.2 Å². The minimum atomic E-state index is 0.564. The van der Waals surface area contributed by atoms with Crippen LogP contribution in [0.2, 0.25) is 0 Å². The van der Waals surface area contributed by atoms with Crippen molar-refractivity contribution in [1.82, 2.24) is 20.2 Å². The Labute approximate surface area is 168 Å². The first kappa shape index (κ1) is 17.2. The zero-order chi connectivity index (χ0) is 19.8. The Morgan fingerprint density at radius 2 is 1.90 bits per heavy atom. The SMILES string of the molecule is CN(c1ccc(C#N)cc1)c1nc(Nc2cc(C3CC3)[nH]n2)c2ccccc2n1. The van der Waals surface area contributed by atoms with Crippen molar-refractivity contribution in [2.45, 2.75) is 18.8 Å². The zero-order valence-corrected chi connectivity index (χ0v) is 15.9. The number of nitrogens with one attached hydrogen (secondary N) is 2. The lowest BCUT2D eigenvalue weighted by molar-refractivity contribution is 0.966. The topological polar surface area (TPSA) is 93.5 Å². The van der Waals surface area contributed by atoms with Gasteiger partial charge in [0.15, 0.2) is 5.82 Å². The highest BCUT2D eigenvalue weighted by Gasteiger charge is 2.25. The van der Waals surface area contributed by atoms with E-state index in [1.807, 2.05) is 48.3 Å². The monoisotopic (exact) mass is 381 g/mol. The van der Waals surface area contributed by atoms with Gasteiger partial charge in [-0.25, -0.2) is 4.98 Å². The Morgan fingerprint density at radius 3 is 2.66 bits per heavy atom. The molecule has 2 heterocycles. The molecule has 1 saturated carbocycles. The summed E-state index contributed by atoms with van der Waals surface area (Å²) in [5.41, 5.74) is 3.54. The molecular weight excluding hydrogens is 362 g/mol. The Bertz CT molecular complexity index is 1220. The van der Waals surface area contributed by atoms with Crippen LogP contribution in [0.3, 0.4) is 0 Å². The van der Waals surface area contributed by atoms with Gasteiger partial charge in [-0.05, 0) is 49.2 Å². The van der Waals surface area contributed by atoms with Crippen LogP contribution in [0.5, 0.6) is 0 Å². The molecule has 0 aliphatic heterocycles. The number of hydrogen-bond donors (Lipinski definition) is 2. The molecule has 0 saturated heterocycles. The van der Waals surface area contributed by atoms with Gasteiger partial charge in [-0.3, -0.25) is 5.10 Å². The third-order valence-corrected chi connectivity index (χ3v) is 5.14. The molecule has 0 atom stereocenters. The number of rotatable bonds is 5. The van der Waals surface area contributed by atoms with Crippen molar-refractivity contribution in [2.75, 3.05) is 17.3 Å². The lowest BCUT2D eigenvalue weighted by atomic mass is 10.2. The molecule has 7 nitrogen and oxygen atoms in total. The predicted molar refractivity (Wildman–Crippen MR) is 113 cm³/mol. The van der Waals surface area contributed by atoms with Crippen LogP contribution in [0.1, 0.15) is 30.0 Å². The van der Waals surface area contributed by atoms with E-state index in [1.54, 1.807) is 12.1 Å². The maximum absolute atomic E-state index is 9.01. The number of para-hydroxylation sites is 1. The third-order valence-electron chi connectivity index (χ3n) is 5.14. The van der Waals surface area contributed by atoms with E-state index in [2.05, 4.69) is 27.6 Å². The smallest absolute Gasteiger partial charge is 0.232 e. The van der Waals surface area contributed by atoms with Crippen LogP contribution in [-0.2, 0) is 0 Å². The van der Waals surface area contributed by atoms with E-state index >= 15 is 0 Å². The molecule has 1 aliphatic rings. The lowest BCUT2D eigenvalue weighted by Crippen LogP contribution is -2.14. The Morgan fingerprint density at radius 1 is 1.10 bits per heavy atom. The van der Waals surface area contributed by atoms with Crippen LogP contribution in [-0.4, -0.2) is 27.2 Å². The Kier molecular flexibility index (Phi) is 4.10. The summed E-state index contributed by atoms with van der Waals surface area (Å²) < 4.78 is 0. The first-order valence-corrected chi connectivity index (χ1v) is 9.54. The van der Waals surface area contributed by atoms with Crippen LogP contribution in [0, 0.1) is 11.3 Å². The second-order valence-electron chi connectivity index (χ2n) is 7.21. The standard InChI is InChI=1S/C22H19N7/c1-29(16-10-6-14(13-23)7-11-16)22-24-18-5-3-2-4-17(18)21(26-22)25-20-12-19(27-28-20)15-8-9-15/h2-7,10-12,15H,8-9H2,1H3,(H2,24,25,26,27,28). The molecule has 0 bridgehead atoms. The van der Waals surface area contributed by atoms with Crippen LogP contribution in [0.4, 0.5) is 23.3 Å². The summed E-state index contributed by atoms with van der Waals surface area (Å²) in [6, 6.07) is 19.4. The van der Waals surface area contributed by atoms with Crippen LogP contribution >= 0.6 is 0 Å². The maximum Gasteiger partial charge on any atom is 0.232 e. The van der Waals surface area contributed by atoms with Gasteiger partial charge in [-0.2, -0.15) is 15.3 Å². The number of H-pyrrole nitrogens is 1. The van der Waals surface area contributed by atoms with Gasteiger partial charge in [0.2, 0.25) is 5.95 Å². The number of benzene rings is 2. The number of aromatic amines is 1. The highest BCUT2D eigenvalue weighted by Crippen LogP contribution is 2.40. The molecule has 1 aliphatic carbocycles. The second-order valence-corrected chi connectivity index (χ2v) is 7.21. The van der Waals surface area contributed by atoms with E-state index in [1.165, 1.54) is 18.5 Å². The van der Waals surface area contributed by atoms with Crippen molar-refractivity contribution in [2.24, 2.45) is 0 Å². The summed E-state index contributed by atoms with van der Waals surface area (Å²) >= 11 is 0. The van der Waals surface area contributed by atoms with Crippen molar-refractivity contribution in [3.05, 3.63) is 65.9 Å². The summed E-state index contributed by atoms with van der Waals surface area (Å²) in [6.45, 7) is 0. The van der Waals surface area contributed by atoms with Gasteiger partial charge in [0.05, 0.1) is 17.1 Å². The molecule has 142 valence electrons. The van der Waals surface area contributed by atoms with Crippen LogP contribution < -0.4 is 10.2 Å². The minimum Gasteiger partial charge on any atom is -0.323 e. The Balaban J connectivity index is 1.52. The molecule has 0 amide bonds. The van der Waals surface area contributed by atoms with Gasteiger partial charge in [-0.1, -0.05) is 12.1 Å². The Hall–Kier alpha value is -3.92. The highest BCUT2D eigenvalue weighted by molar-refractivity contribution is 5.91.